The molecule has 8 aromatic rings. The van der Waals surface area contributed by atoms with Crippen molar-refractivity contribution in [1.82, 2.24) is 0 Å². The van der Waals surface area contributed by atoms with Crippen LogP contribution in [-0.4, -0.2) is 224 Å². The van der Waals surface area contributed by atoms with E-state index in [4.69, 9.17) is 75.8 Å². The Morgan fingerprint density at radius 3 is 0.500 bits per heavy atom. The number of hydrogen-bond acceptors (Lipinski definition) is 20. The number of ether oxygens (including phenoxy) is 16. The van der Waals surface area contributed by atoms with Crippen LogP contribution in [0.15, 0.2) is 84.9 Å². The fourth-order valence-corrected chi connectivity index (χ4v) is 20.6. The molecule has 0 spiro atoms. The maximum atomic E-state index is 20.0. The zero-order valence-electron chi connectivity index (χ0n) is 75.4. The number of aryl methyl sites for hydroxylation is 14. The topological polar surface area (TPSA) is 148 Å². The average molecular weight is 1790 g/mol. The van der Waals surface area contributed by atoms with Gasteiger partial charge in [0, 0.05) is 91.9 Å². The van der Waals surface area contributed by atoms with Gasteiger partial charge in [0.25, 0.3) is 0 Å². The van der Waals surface area contributed by atoms with Crippen LogP contribution in [0.4, 0.5) is 8.63 Å². The third-order valence-corrected chi connectivity index (χ3v) is 25.7. The van der Waals surface area contributed by atoms with Crippen molar-refractivity contribution in [1.29, 1.82) is 0 Å². The molecule has 0 N–H and O–H groups in total. The predicted octanol–water partition coefficient (Wildman–Crippen LogP) is 10.5. The largest absolute Gasteiger partial charge is 1.00 e. The minimum absolute atomic E-state index is 0. The molecule has 654 valence electrons. The molecule has 14 rings (SSSR count). The van der Waals surface area contributed by atoms with E-state index in [1.54, 1.807) is 45.3 Å². The van der Waals surface area contributed by atoms with Crippen LogP contribution in [0.2, 0.25) is 0 Å². The zero-order valence-corrected chi connectivity index (χ0v) is 85.0. The van der Waals surface area contributed by atoms with Crippen molar-refractivity contribution in [2.75, 3.05) is 211 Å². The van der Waals surface area contributed by atoms with E-state index >= 15 is 8.63 Å². The van der Waals surface area contributed by atoms with Gasteiger partial charge in [-0.3, -0.25) is 0 Å². The molecule has 0 aliphatic carbocycles. The molecule has 0 amide bonds. The summed E-state index contributed by atoms with van der Waals surface area (Å²) in [5.41, 5.74) is 16.6. The molecule has 0 radical (unpaired) electrons. The summed E-state index contributed by atoms with van der Waals surface area (Å²) in [5, 5.41) is 0. The Balaban J connectivity index is 0.000000307. The normalized spacial score (nSPS) is 17.5. The third-order valence-electron chi connectivity index (χ3n) is 20.9. The van der Waals surface area contributed by atoms with E-state index < -0.39 is 12.8 Å². The smallest absolute Gasteiger partial charge is 0.498 e. The van der Waals surface area contributed by atoms with Gasteiger partial charge in [0.1, 0.15) is 0 Å². The molecular formula is C94H136B2F2K2O16S4. The van der Waals surface area contributed by atoms with Gasteiger partial charge in [0.15, 0.2) is 0 Å². The minimum atomic E-state index is -3.00. The first-order valence-electron chi connectivity index (χ1n) is 42.9. The summed E-state index contributed by atoms with van der Waals surface area (Å²) in [7, 11) is 0. The molecule has 4 aromatic carbocycles. The quantitative estimate of drug-likeness (QED) is 0.126. The van der Waals surface area contributed by atoms with Gasteiger partial charge in [-0.05, 0) is 173 Å². The number of rotatable bonds is 9. The van der Waals surface area contributed by atoms with Crippen molar-refractivity contribution < 1.29 is 187 Å². The number of benzene rings is 4. The monoisotopic (exact) mass is 1790 g/mol. The Hall–Kier alpha value is -1.70. The molecule has 6 saturated heterocycles. The van der Waals surface area contributed by atoms with Crippen LogP contribution in [0.25, 0.3) is 29.3 Å². The van der Waals surface area contributed by atoms with Gasteiger partial charge in [-0.15, -0.1) is 56.3 Å². The van der Waals surface area contributed by atoms with Crippen LogP contribution in [-0.2, 0) is 75.8 Å². The summed E-state index contributed by atoms with van der Waals surface area (Å²) in [4.78, 5) is 8.24. The molecule has 0 unspecified atom stereocenters. The second-order valence-electron chi connectivity index (χ2n) is 31.0. The van der Waals surface area contributed by atoms with Gasteiger partial charge >= 0.3 is 103 Å². The Bertz CT molecular complexity index is 3510. The van der Waals surface area contributed by atoms with Crippen LogP contribution in [0.1, 0.15) is 128 Å². The van der Waals surface area contributed by atoms with Crippen LogP contribution >= 0.6 is 45.3 Å². The fourth-order valence-electron chi connectivity index (χ4n) is 16.0. The van der Waals surface area contributed by atoms with Crippen molar-refractivity contribution in [2.24, 2.45) is 0 Å². The van der Waals surface area contributed by atoms with Gasteiger partial charge in [-0.25, -0.2) is 0 Å². The minimum Gasteiger partial charge on any atom is -0.498 e. The van der Waals surface area contributed by atoms with E-state index in [0.717, 1.165) is 171 Å². The Morgan fingerprint density at radius 2 is 0.367 bits per heavy atom. The fraction of sp³-hybridized carbons (Fsp3) is 0.574. The van der Waals surface area contributed by atoms with E-state index in [0.29, 0.717) is 169 Å². The predicted molar refractivity (Wildman–Crippen MR) is 488 cm³/mol. The molecule has 0 bridgehead atoms. The molecule has 26 heteroatoms. The zero-order chi connectivity index (χ0) is 84.3. The third kappa shape index (κ3) is 35.6. The number of thiophene rings is 4. The summed E-state index contributed by atoms with van der Waals surface area (Å²) < 4.78 is 124. The Labute approximate surface area is 819 Å². The number of halogens is 2. The van der Waals surface area contributed by atoms with Gasteiger partial charge in [-0.2, -0.15) is 21.9 Å². The van der Waals surface area contributed by atoms with Crippen LogP contribution in [0.3, 0.4) is 0 Å². The first-order valence-corrected chi connectivity index (χ1v) is 46.1. The molecule has 6 aliphatic rings. The molecule has 4 aromatic heterocycles. The van der Waals surface area contributed by atoms with Gasteiger partial charge in [0.05, 0.1) is 159 Å². The van der Waals surface area contributed by atoms with Crippen LogP contribution < -0.4 is 136 Å². The molecular weight excluding hydrogens is 1650 g/mol. The molecule has 6 fully saturated rings. The average Bonchev–Trinajstić information content (AvgIpc) is 1.43. The Morgan fingerprint density at radius 1 is 0.208 bits per heavy atom. The second kappa shape index (κ2) is 60.2. The van der Waals surface area contributed by atoms with Crippen molar-refractivity contribution >= 4 is 91.0 Å². The molecule has 0 atom stereocenters. The molecule has 120 heavy (non-hydrogen) atoms. The Kier molecular flexibility index (Phi) is 53.7. The maximum absolute atomic E-state index is 20.0. The van der Waals surface area contributed by atoms with Crippen molar-refractivity contribution in [2.45, 2.75) is 148 Å². The maximum Gasteiger partial charge on any atom is 1.00 e. The molecule has 10 heterocycles. The summed E-state index contributed by atoms with van der Waals surface area (Å²) in [6.07, 6.45) is 4.23. The summed E-state index contributed by atoms with van der Waals surface area (Å²) >= 11 is 6.72. The van der Waals surface area contributed by atoms with E-state index in [1.807, 2.05) is 0 Å². The van der Waals surface area contributed by atoms with E-state index in [9.17, 15) is 0 Å². The molecule has 6 aliphatic heterocycles. The van der Waals surface area contributed by atoms with Gasteiger partial charge < -0.3 is 84.4 Å². The standard InChI is InChI=1S/C54H56B2F2S4.2C12H24O6.4C4H8O.2K/c1-29-19-33(5)49(34(6)20-29)55(57,50-35(7)21-30(2)22-36(50)8)43-27-47(61-53(43)45-17-15-41(13)59-45)48-28-44(54(62-48)46-18-16-42(14)60-46)56(58,51-37(9)23-31(3)24-38(51)10)52-39(11)25-32(4)26-40(52)12;2*1-2-14-5-6-16-9-10-18-12-11-17-8-7-15-4-3-13-1;4*1-2-4-5-3-1;;/h15-28H,1-14H3;2*1-12H2;4*1-4H2;;/q-2;;;;;;;2*+1. The van der Waals surface area contributed by atoms with E-state index in [2.05, 4.69) is 182 Å². The first kappa shape index (κ1) is 107. The van der Waals surface area contributed by atoms with Gasteiger partial charge in [0.2, 0.25) is 12.8 Å². The van der Waals surface area contributed by atoms with Crippen molar-refractivity contribution in [3.05, 3.63) is 161 Å². The van der Waals surface area contributed by atoms with E-state index in [1.165, 1.54) is 61.1 Å². The van der Waals surface area contributed by atoms with Gasteiger partial charge in [-0.1, -0.05) is 127 Å². The molecule has 16 nitrogen and oxygen atoms in total. The van der Waals surface area contributed by atoms with Crippen LogP contribution in [0, 0.1) is 96.9 Å². The van der Waals surface area contributed by atoms with E-state index in [-0.39, 0.29) is 103 Å². The van der Waals surface area contributed by atoms with Crippen molar-refractivity contribution in [3.63, 3.8) is 0 Å². The molecule has 0 saturated carbocycles. The number of hydrogen-bond donors (Lipinski definition) is 0. The van der Waals surface area contributed by atoms with Crippen LogP contribution in [0.5, 0.6) is 0 Å². The summed E-state index contributed by atoms with van der Waals surface area (Å²) in [5.74, 6) is 0. The summed E-state index contributed by atoms with van der Waals surface area (Å²) in [6, 6.07) is 29.9. The second-order valence-corrected chi connectivity index (χ2v) is 35.7. The SMILES string of the molecule is C1CCOC1.C1CCOC1.C1CCOC1.C1CCOC1.C1COCCOCCOCCOCCOCCO1.C1COCCOCCOCCOCCOCCO1.Cc1cc(C)c([B-](F)(c2cc(-c3cc([B-](F)(c4c(C)cc(C)cc4C)c4c(C)cc(C)cc4C)c(-c4ccc(C)s4)s3)sc2-c2ccc(C)s2)c2c(C)cc(C)cc2C)c(C)c1.[K+].[K+]. The first-order chi connectivity index (χ1) is 57.2. The summed E-state index contributed by atoms with van der Waals surface area (Å²) in [6.45, 7) is 51.2. The van der Waals surface area contributed by atoms with Crippen molar-refractivity contribution in [3.8, 4) is 29.3 Å².